The van der Waals surface area contributed by atoms with Crippen LogP contribution in [0.4, 0.5) is 4.39 Å². The zero-order valence-electron chi connectivity index (χ0n) is 10.4. The summed E-state index contributed by atoms with van der Waals surface area (Å²) in [6.45, 7) is 5.73. The Hall–Kier alpha value is -0.640. The molecule has 0 aliphatic heterocycles. The molecule has 1 aromatic rings. The van der Waals surface area contributed by atoms with Crippen LogP contribution in [0.1, 0.15) is 38.8 Å². The van der Waals surface area contributed by atoms with Crippen LogP contribution in [0.25, 0.3) is 0 Å². The first-order valence-corrected chi connectivity index (χ1v) is 6.17. The van der Waals surface area contributed by atoms with Gasteiger partial charge in [0.25, 0.3) is 0 Å². The lowest BCUT2D eigenvalue weighted by Crippen LogP contribution is -2.31. The van der Waals surface area contributed by atoms with E-state index in [9.17, 15) is 9.50 Å². The summed E-state index contributed by atoms with van der Waals surface area (Å²) in [7, 11) is 0. The molecule has 96 valence electrons. The normalized spacial score (nSPS) is 16.6. The molecule has 0 bridgehead atoms. The van der Waals surface area contributed by atoms with Crippen LogP contribution in [0.15, 0.2) is 18.2 Å². The molecule has 2 N–H and O–H groups in total. The molecule has 0 spiro atoms. The smallest absolute Gasteiger partial charge is 0.124 e. The Morgan fingerprint density at radius 1 is 1.35 bits per heavy atom. The quantitative estimate of drug-likeness (QED) is 0.851. The minimum atomic E-state index is -0.339. The van der Waals surface area contributed by atoms with E-state index in [1.54, 1.807) is 13.0 Å². The van der Waals surface area contributed by atoms with Gasteiger partial charge >= 0.3 is 0 Å². The molecule has 0 radical (unpaired) electrons. The molecule has 3 unspecified atom stereocenters. The van der Waals surface area contributed by atoms with E-state index in [0.717, 1.165) is 5.56 Å². The fourth-order valence-electron chi connectivity index (χ4n) is 1.95. The predicted molar refractivity (Wildman–Crippen MR) is 68.7 cm³/mol. The van der Waals surface area contributed by atoms with Crippen molar-refractivity contribution in [2.24, 2.45) is 0 Å². The van der Waals surface area contributed by atoms with Crippen molar-refractivity contribution in [1.82, 2.24) is 5.32 Å². The van der Waals surface area contributed by atoms with Crippen LogP contribution in [-0.2, 0) is 0 Å². The fourth-order valence-corrected chi connectivity index (χ4v) is 2.28. The minimum absolute atomic E-state index is 0.0249. The molecule has 0 saturated heterocycles. The lowest BCUT2D eigenvalue weighted by molar-refractivity contribution is 0.168. The van der Waals surface area contributed by atoms with Crippen molar-refractivity contribution < 1.29 is 9.50 Å². The van der Waals surface area contributed by atoms with Crippen molar-refractivity contribution in [3.8, 4) is 0 Å². The van der Waals surface area contributed by atoms with E-state index in [2.05, 4.69) is 5.32 Å². The molecule has 17 heavy (non-hydrogen) atoms. The number of rotatable bonds is 5. The van der Waals surface area contributed by atoms with Crippen molar-refractivity contribution in [3.63, 3.8) is 0 Å². The number of benzene rings is 1. The Morgan fingerprint density at radius 2 is 2.00 bits per heavy atom. The van der Waals surface area contributed by atoms with Gasteiger partial charge in [-0.1, -0.05) is 17.7 Å². The van der Waals surface area contributed by atoms with Gasteiger partial charge in [0.1, 0.15) is 5.82 Å². The van der Waals surface area contributed by atoms with E-state index in [4.69, 9.17) is 11.6 Å². The van der Waals surface area contributed by atoms with Gasteiger partial charge in [0.05, 0.1) is 6.10 Å². The lowest BCUT2D eigenvalue weighted by atomic mass is 10.1. The molecule has 0 aliphatic rings. The number of hydrogen-bond donors (Lipinski definition) is 2. The summed E-state index contributed by atoms with van der Waals surface area (Å²) in [5, 5.41) is 13.0. The van der Waals surface area contributed by atoms with Crippen molar-refractivity contribution in [3.05, 3.63) is 34.6 Å². The highest BCUT2D eigenvalue weighted by atomic mass is 35.5. The second-order valence-electron chi connectivity index (χ2n) is 4.54. The zero-order valence-corrected chi connectivity index (χ0v) is 11.1. The molecule has 0 aliphatic carbocycles. The third-order valence-electron chi connectivity index (χ3n) is 2.66. The van der Waals surface area contributed by atoms with Crippen LogP contribution in [0.3, 0.4) is 0 Å². The summed E-state index contributed by atoms with van der Waals surface area (Å²) in [6.07, 6.45) is 0.330. The highest BCUT2D eigenvalue weighted by molar-refractivity contribution is 6.31. The van der Waals surface area contributed by atoms with E-state index in [0.29, 0.717) is 11.4 Å². The van der Waals surface area contributed by atoms with E-state index >= 15 is 0 Å². The number of aliphatic hydroxyl groups excluding tert-OH is 1. The van der Waals surface area contributed by atoms with Gasteiger partial charge in [0.15, 0.2) is 0 Å². The van der Waals surface area contributed by atoms with Crippen LogP contribution in [0, 0.1) is 5.82 Å². The van der Waals surface area contributed by atoms with E-state index < -0.39 is 0 Å². The first-order chi connectivity index (χ1) is 7.90. The summed E-state index contributed by atoms with van der Waals surface area (Å²) in [5.41, 5.74) is 0.866. The Bertz CT molecular complexity index is 370. The molecule has 0 heterocycles. The number of aliphatic hydroxyl groups is 1. The molecule has 1 rings (SSSR count). The monoisotopic (exact) mass is 259 g/mol. The van der Waals surface area contributed by atoms with Gasteiger partial charge in [0.2, 0.25) is 0 Å². The average molecular weight is 260 g/mol. The van der Waals surface area contributed by atoms with E-state index in [-0.39, 0.29) is 24.0 Å². The topological polar surface area (TPSA) is 32.3 Å². The molecular weight excluding hydrogens is 241 g/mol. The van der Waals surface area contributed by atoms with Gasteiger partial charge in [-0.25, -0.2) is 4.39 Å². The summed E-state index contributed by atoms with van der Waals surface area (Å²) < 4.78 is 12.9. The minimum Gasteiger partial charge on any atom is -0.393 e. The van der Waals surface area contributed by atoms with Crippen LogP contribution in [-0.4, -0.2) is 17.3 Å². The maximum absolute atomic E-state index is 12.9. The Labute approximate surface area is 107 Å². The zero-order chi connectivity index (χ0) is 13.0. The van der Waals surface area contributed by atoms with Crippen molar-refractivity contribution >= 4 is 11.6 Å². The highest BCUT2D eigenvalue weighted by Gasteiger charge is 2.14. The van der Waals surface area contributed by atoms with Crippen LogP contribution >= 0.6 is 11.6 Å². The van der Waals surface area contributed by atoms with Gasteiger partial charge < -0.3 is 10.4 Å². The van der Waals surface area contributed by atoms with Crippen LogP contribution in [0.5, 0.6) is 0 Å². The molecular formula is C13H19ClFNO. The SMILES string of the molecule is CC(O)CC(C)NC(C)c1ccc(F)cc1Cl. The Balaban J connectivity index is 2.66. The maximum atomic E-state index is 12.9. The maximum Gasteiger partial charge on any atom is 0.124 e. The number of nitrogens with one attached hydrogen (secondary N) is 1. The summed E-state index contributed by atoms with van der Waals surface area (Å²) in [6, 6.07) is 4.60. The third kappa shape index (κ3) is 4.62. The Kier molecular flexibility index (Phi) is 5.37. The van der Waals surface area contributed by atoms with Gasteiger partial charge in [-0.15, -0.1) is 0 Å². The second-order valence-corrected chi connectivity index (χ2v) is 4.95. The van der Waals surface area contributed by atoms with Crippen molar-refractivity contribution in [2.45, 2.75) is 45.4 Å². The standard InChI is InChI=1S/C13H19ClFNO/c1-8(6-9(2)17)16-10(3)12-5-4-11(15)7-13(12)14/h4-5,7-10,16-17H,6H2,1-3H3. The molecule has 0 aromatic heterocycles. The largest absolute Gasteiger partial charge is 0.393 e. The second kappa shape index (κ2) is 6.34. The van der Waals surface area contributed by atoms with Crippen molar-refractivity contribution in [1.29, 1.82) is 0 Å². The number of halogens is 2. The summed E-state index contributed by atoms with van der Waals surface area (Å²) in [4.78, 5) is 0. The first kappa shape index (κ1) is 14.4. The van der Waals surface area contributed by atoms with E-state index in [1.165, 1.54) is 12.1 Å². The molecule has 3 atom stereocenters. The fraction of sp³-hybridized carbons (Fsp3) is 0.538. The van der Waals surface area contributed by atoms with Gasteiger partial charge in [-0.2, -0.15) is 0 Å². The van der Waals surface area contributed by atoms with Gasteiger partial charge in [0, 0.05) is 17.1 Å². The third-order valence-corrected chi connectivity index (χ3v) is 2.99. The van der Waals surface area contributed by atoms with E-state index in [1.807, 2.05) is 13.8 Å². The molecule has 4 heteroatoms. The molecule has 0 amide bonds. The summed E-state index contributed by atoms with van der Waals surface area (Å²) in [5.74, 6) is -0.331. The Morgan fingerprint density at radius 3 is 2.53 bits per heavy atom. The van der Waals surface area contributed by atoms with Crippen LogP contribution in [0.2, 0.25) is 5.02 Å². The highest BCUT2D eigenvalue weighted by Crippen LogP contribution is 2.24. The first-order valence-electron chi connectivity index (χ1n) is 5.79. The number of hydrogen-bond acceptors (Lipinski definition) is 2. The lowest BCUT2D eigenvalue weighted by Gasteiger charge is -2.22. The molecule has 0 fully saturated rings. The van der Waals surface area contributed by atoms with Crippen molar-refractivity contribution in [2.75, 3.05) is 0 Å². The summed E-state index contributed by atoms with van der Waals surface area (Å²) >= 11 is 5.98. The molecule has 0 saturated carbocycles. The molecule has 1 aromatic carbocycles. The predicted octanol–water partition coefficient (Wildman–Crippen LogP) is 3.29. The van der Waals surface area contributed by atoms with Crippen LogP contribution < -0.4 is 5.32 Å². The van der Waals surface area contributed by atoms with Gasteiger partial charge in [-0.05, 0) is 44.9 Å². The molecule has 2 nitrogen and oxygen atoms in total. The van der Waals surface area contributed by atoms with Gasteiger partial charge in [-0.3, -0.25) is 0 Å². The average Bonchev–Trinajstić information content (AvgIpc) is 2.15.